The Labute approximate surface area is 169 Å². The Morgan fingerprint density at radius 2 is 1.89 bits per heavy atom. The first-order valence-corrected chi connectivity index (χ1v) is 9.77. The monoisotopic (exact) mass is 392 g/mol. The largest absolute Gasteiger partial charge is 0.354 e. The summed E-state index contributed by atoms with van der Waals surface area (Å²) in [4.78, 5) is 14.8. The molecule has 1 N–H and O–H groups in total. The molecule has 1 fully saturated rings. The molecule has 1 saturated heterocycles. The lowest BCUT2D eigenvalue weighted by molar-refractivity contribution is -0.120. The SMILES string of the molecule is O=C(Nc1cccc(Cl)c1)C1CCCN(c2ccc(-c3ccccc3)nn2)C1. The maximum Gasteiger partial charge on any atom is 0.229 e. The first-order chi connectivity index (χ1) is 13.7. The van der Waals surface area contributed by atoms with Crippen molar-refractivity contribution in [3.63, 3.8) is 0 Å². The van der Waals surface area contributed by atoms with Gasteiger partial charge in [-0.2, -0.15) is 0 Å². The van der Waals surface area contributed by atoms with Crippen LogP contribution in [0.1, 0.15) is 12.8 Å². The fourth-order valence-corrected chi connectivity index (χ4v) is 3.66. The minimum absolute atomic E-state index is 0.0147. The molecule has 5 nitrogen and oxygen atoms in total. The Morgan fingerprint density at radius 1 is 1.04 bits per heavy atom. The number of aromatic nitrogens is 2. The van der Waals surface area contributed by atoms with Crippen LogP contribution in [-0.2, 0) is 4.79 Å². The number of anilines is 2. The van der Waals surface area contributed by atoms with Crippen LogP contribution in [0.3, 0.4) is 0 Å². The average molecular weight is 393 g/mol. The number of hydrogen-bond acceptors (Lipinski definition) is 4. The first-order valence-electron chi connectivity index (χ1n) is 9.39. The van der Waals surface area contributed by atoms with Gasteiger partial charge in [0, 0.05) is 29.4 Å². The number of nitrogens with one attached hydrogen (secondary N) is 1. The van der Waals surface area contributed by atoms with Crippen molar-refractivity contribution < 1.29 is 4.79 Å². The van der Waals surface area contributed by atoms with Crippen LogP contribution < -0.4 is 10.2 Å². The van der Waals surface area contributed by atoms with Crippen LogP contribution in [0.4, 0.5) is 11.5 Å². The third-order valence-corrected chi connectivity index (χ3v) is 5.16. The maximum atomic E-state index is 12.7. The van der Waals surface area contributed by atoms with Gasteiger partial charge in [0.2, 0.25) is 5.91 Å². The summed E-state index contributed by atoms with van der Waals surface area (Å²) in [5.74, 6) is 0.726. The van der Waals surface area contributed by atoms with Crippen LogP contribution in [0, 0.1) is 5.92 Å². The fraction of sp³-hybridized carbons (Fsp3) is 0.227. The molecule has 28 heavy (non-hydrogen) atoms. The second-order valence-electron chi connectivity index (χ2n) is 6.93. The van der Waals surface area contributed by atoms with E-state index in [1.165, 1.54) is 0 Å². The van der Waals surface area contributed by atoms with Gasteiger partial charge in [0.25, 0.3) is 0 Å². The molecule has 1 aliphatic heterocycles. The molecule has 4 rings (SSSR count). The highest BCUT2D eigenvalue weighted by atomic mass is 35.5. The average Bonchev–Trinajstić information content (AvgIpc) is 2.75. The van der Waals surface area contributed by atoms with Crippen molar-refractivity contribution in [2.75, 3.05) is 23.3 Å². The third kappa shape index (κ3) is 4.31. The zero-order valence-electron chi connectivity index (χ0n) is 15.4. The molecule has 0 radical (unpaired) electrons. The molecule has 142 valence electrons. The van der Waals surface area contributed by atoms with E-state index in [1.807, 2.05) is 54.6 Å². The number of carbonyl (C=O) groups is 1. The summed E-state index contributed by atoms with van der Waals surface area (Å²) in [6.07, 6.45) is 1.80. The van der Waals surface area contributed by atoms with Crippen molar-refractivity contribution in [2.45, 2.75) is 12.8 Å². The van der Waals surface area contributed by atoms with Crippen molar-refractivity contribution in [3.05, 3.63) is 71.8 Å². The molecule has 1 amide bonds. The molecule has 0 bridgehead atoms. The van der Waals surface area contributed by atoms with Gasteiger partial charge in [-0.25, -0.2) is 0 Å². The lowest BCUT2D eigenvalue weighted by Crippen LogP contribution is -2.41. The lowest BCUT2D eigenvalue weighted by atomic mass is 9.97. The van der Waals surface area contributed by atoms with Crippen LogP contribution in [0.25, 0.3) is 11.3 Å². The van der Waals surface area contributed by atoms with E-state index in [4.69, 9.17) is 11.6 Å². The van der Waals surface area contributed by atoms with Crippen molar-refractivity contribution >= 4 is 29.0 Å². The number of nitrogens with zero attached hydrogens (tertiary/aromatic N) is 3. The summed E-state index contributed by atoms with van der Waals surface area (Å²) in [5, 5.41) is 12.3. The van der Waals surface area contributed by atoms with Gasteiger partial charge in [-0.3, -0.25) is 4.79 Å². The third-order valence-electron chi connectivity index (χ3n) is 4.93. The van der Waals surface area contributed by atoms with Gasteiger partial charge in [0.15, 0.2) is 5.82 Å². The van der Waals surface area contributed by atoms with Gasteiger partial charge in [-0.15, -0.1) is 10.2 Å². The smallest absolute Gasteiger partial charge is 0.229 e. The quantitative estimate of drug-likeness (QED) is 0.702. The second-order valence-corrected chi connectivity index (χ2v) is 7.36. The van der Waals surface area contributed by atoms with Gasteiger partial charge in [-0.1, -0.05) is 48.0 Å². The topological polar surface area (TPSA) is 58.1 Å². The number of halogens is 1. The Balaban J connectivity index is 1.42. The van der Waals surface area contributed by atoms with E-state index in [2.05, 4.69) is 20.4 Å². The van der Waals surface area contributed by atoms with Gasteiger partial charge in [0.1, 0.15) is 0 Å². The van der Waals surface area contributed by atoms with Gasteiger partial charge >= 0.3 is 0 Å². The Hall–Kier alpha value is -2.92. The van der Waals surface area contributed by atoms with Crippen molar-refractivity contribution in [1.29, 1.82) is 0 Å². The molecule has 6 heteroatoms. The normalized spacial score (nSPS) is 16.6. The predicted octanol–water partition coefficient (Wildman–Crippen LogP) is 4.65. The van der Waals surface area contributed by atoms with Crippen molar-refractivity contribution in [1.82, 2.24) is 10.2 Å². The van der Waals surface area contributed by atoms with E-state index in [9.17, 15) is 4.79 Å². The van der Waals surface area contributed by atoms with E-state index < -0.39 is 0 Å². The van der Waals surface area contributed by atoms with Gasteiger partial charge in [0.05, 0.1) is 11.6 Å². The van der Waals surface area contributed by atoms with Crippen LogP contribution in [0.15, 0.2) is 66.7 Å². The molecule has 0 aliphatic carbocycles. The zero-order chi connectivity index (χ0) is 19.3. The summed E-state index contributed by atoms with van der Waals surface area (Å²) < 4.78 is 0. The van der Waals surface area contributed by atoms with Gasteiger partial charge < -0.3 is 10.2 Å². The molecule has 0 spiro atoms. The highest BCUT2D eigenvalue weighted by molar-refractivity contribution is 6.30. The van der Waals surface area contributed by atoms with Crippen LogP contribution >= 0.6 is 11.6 Å². The number of amides is 1. The highest BCUT2D eigenvalue weighted by Crippen LogP contribution is 2.24. The minimum atomic E-state index is -0.0941. The minimum Gasteiger partial charge on any atom is -0.354 e. The number of carbonyl (C=O) groups excluding carboxylic acids is 1. The summed E-state index contributed by atoms with van der Waals surface area (Å²) >= 11 is 6.00. The van der Waals surface area contributed by atoms with E-state index in [0.29, 0.717) is 11.6 Å². The molecular weight excluding hydrogens is 372 g/mol. The van der Waals surface area contributed by atoms with Crippen LogP contribution in [0.5, 0.6) is 0 Å². The summed E-state index contributed by atoms with van der Waals surface area (Å²) in [7, 11) is 0. The highest BCUT2D eigenvalue weighted by Gasteiger charge is 2.27. The summed E-state index contributed by atoms with van der Waals surface area (Å²) in [6, 6.07) is 21.2. The van der Waals surface area contributed by atoms with Gasteiger partial charge in [-0.05, 0) is 43.2 Å². The van der Waals surface area contributed by atoms with Crippen LogP contribution in [0.2, 0.25) is 5.02 Å². The second kappa shape index (κ2) is 8.40. The number of rotatable bonds is 4. The Bertz CT molecular complexity index is 946. The first kappa shape index (κ1) is 18.4. The van der Waals surface area contributed by atoms with E-state index >= 15 is 0 Å². The predicted molar refractivity (Wildman–Crippen MR) is 112 cm³/mol. The zero-order valence-corrected chi connectivity index (χ0v) is 16.1. The van der Waals surface area contributed by atoms with Crippen LogP contribution in [-0.4, -0.2) is 29.2 Å². The Morgan fingerprint density at radius 3 is 2.64 bits per heavy atom. The molecular formula is C22H21ClN4O. The number of benzene rings is 2. The molecule has 1 atom stereocenters. The lowest BCUT2D eigenvalue weighted by Gasteiger charge is -2.32. The number of hydrogen-bond donors (Lipinski definition) is 1. The molecule has 3 aromatic rings. The fourth-order valence-electron chi connectivity index (χ4n) is 3.47. The molecule has 1 aliphatic rings. The standard InChI is InChI=1S/C22H21ClN4O/c23-18-9-4-10-19(14-18)24-22(28)17-8-5-13-27(15-17)21-12-11-20(25-26-21)16-6-2-1-3-7-16/h1-4,6-7,9-12,14,17H,5,8,13,15H2,(H,24,28). The molecule has 2 heterocycles. The molecule has 2 aromatic carbocycles. The maximum absolute atomic E-state index is 12.7. The van der Waals surface area contributed by atoms with E-state index in [1.54, 1.807) is 12.1 Å². The van der Waals surface area contributed by atoms with Crippen molar-refractivity contribution in [2.24, 2.45) is 5.92 Å². The Kier molecular flexibility index (Phi) is 5.53. The molecule has 1 aromatic heterocycles. The van der Waals surface area contributed by atoms with E-state index in [-0.39, 0.29) is 11.8 Å². The molecule has 1 unspecified atom stereocenters. The summed E-state index contributed by atoms with van der Waals surface area (Å²) in [5.41, 5.74) is 2.61. The van der Waals surface area contributed by atoms with E-state index in [0.717, 1.165) is 42.1 Å². The number of piperidine rings is 1. The molecule has 0 saturated carbocycles. The summed E-state index contributed by atoms with van der Waals surface area (Å²) in [6.45, 7) is 1.51. The van der Waals surface area contributed by atoms with Crippen molar-refractivity contribution in [3.8, 4) is 11.3 Å².